The average Bonchev–Trinajstić information content (AvgIpc) is 2.96. The van der Waals surface area contributed by atoms with E-state index >= 15 is 0 Å². The van der Waals surface area contributed by atoms with E-state index in [1.807, 2.05) is 0 Å². The van der Waals surface area contributed by atoms with Crippen LogP contribution in [-0.4, -0.2) is 69.3 Å². The summed E-state index contributed by atoms with van der Waals surface area (Å²) in [6.07, 6.45) is -1.63. The van der Waals surface area contributed by atoms with Gasteiger partial charge in [0.2, 0.25) is 0 Å². The molecule has 1 rings (SSSR count). The van der Waals surface area contributed by atoms with Crippen LogP contribution in [-0.2, 0) is 22.8 Å². The zero-order valence-corrected chi connectivity index (χ0v) is 28.8. The van der Waals surface area contributed by atoms with Gasteiger partial charge >= 0.3 is 0 Å². The van der Waals surface area contributed by atoms with Gasteiger partial charge in [-0.15, -0.1) is 0 Å². The Labute approximate surface area is 224 Å². The van der Waals surface area contributed by atoms with Gasteiger partial charge in [0, 0.05) is 11.5 Å². The van der Waals surface area contributed by atoms with Crippen molar-refractivity contribution in [3.8, 4) is 0 Å². The first-order chi connectivity index (χ1) is 16.0. The zero-order valence-electron chi connectivity index (χ0n) is 25.8. The van der Waals surface area contributed by atoms with Crippen LogP contribution in [0.4, 0.5) is 0 Å². The van der Waals surface area contributed by atoms with E-state index in [-0.39, 0.29) is 46.6 Å². The molecular weight excluding hydrogens is 507 g/mol. The molecule has 11 heteroatoms. The second-order valence-electron chi connectivity index (χ2n) is 14.6. The van der Waals surface area contributed by atoms with Crippen LogP contribution in [0.25, 0.3) is 10.4 Å². The smallest absolute Gasteiger partial charge is 0.192 e. The summed E-state index contributed by atoms with van der Waals surface area (Å²) in [5, 5.41) is 3.75. The number of hydrogen-bond donors (Lipinski definition) is 0. The molecule has 0 aromatic carbocycles. The molecule has 36 heavy (non-hydrogen) atoms. The molecule has 0 bridgehead atoms. The molecule has 1 saturated heterocycles. The second-order valence-corrected chi connectivity index (χ2v) is 28.9. The van der Waals surface area contributed by atoms with Crippen LogP contribution in [0.3, 0.4) is 0 Å². The van der Waals surface area contributed by atoms with Crippen LogP contribution in [0.2, 0.25) is 54.4 Å². The normalized spacial score (nSPS) is 24.6. The Kier molecular flexibility index (Phi) is 11.1. The number of azide groups is 1. The summed E-state index contributed by atoms with van der Waals surface area (Å²) in [7, 11) is -6.36. The zero-order chi connectivity index (χ0) is 28.4. The molecule has 1 fully saturated rings. The van der Waals surface area contributed by atoms with Crippen molar-refractivity contribution in [2.45, 2.75) is 141 Å². The maximum atomic E-state index is 8.68. The average molecular weight is 562 g/mol. The fourth-order valence-electron chi connectivity index (χ4n) is 3.02. The van der Waals surface area contributed by atoms with E-state index in [1.54, 1.807) is 0 Å². The molecule has 0 aromatic rings. The Bertz CT molecular complexity index is 766. The molecule has 0 aromatic heterocycles. The highest BCUT2D eigenvalue weighted by molar-refractivity contribution is 6.75. The minimum Gasteiger partial charge on any atom is -0.414 e. The van der Waals surface area contributed by atoms with Gasteiger partial charge in [0.25, 0.3) is 0 Å². The third kappa shape index (κ3) is 8.64. The molecular formula is C25H55N3O5Si3. The van der Waals surface area contributed by atoms with Crippen LogP contribution >= 0.6 is 0 Å². The summed E-state index contributed by atoms with van der Waals surface area (Å²) >= 11 is 0. The molecule has 0 radical (unpaired) electrons. The first kappa shape index (κ1) is 33.8. The van der Waals surface area contributed by atoms with E-state index in [0.29, 0.717) is 6.61 Å². The van der Waals surface area contributed by atoms with Crippen molar-refractivity contribution in [1.29, 1.82) is 0 Å². The Morgan fingerprint density at radius 3 is 1.61 bits per heavy atom. The van der Waals surface area contributed by atoms with Gasteiger partial charge in [0.15, 0.2) is 31.2 Å². The van der Waals surface area contributed by atoms with Crippen molar-refractivity contribution in [1.82, 2.24) is 0 Å². The van der Waals surface area contributed by atoms with Gasteiger partial charge in [-0.1, -0.05) is 67.4 Å². The van der Waals surface area contributed by atoms with Crippen molar-refractivity contribution >= 4 is 25.0 Å². The summed E-state index contributed by atoms with van der Waals surface area (Å²) in [6, 6.07) is 0. The van der Waals surface area contributed by atoms with Crippen LogP contribution in [0.1, 0.15) is 62.3 Å². The highest BCUT2D eigenvalue weighted by Crippen LogP contribution is 2.44. The summed E-state index contributed by atoms with van der Waals surface area (Å²) in [5.74, 6) is 0. The molecule has 0 saturated carbocycles. The van der Waals surface area contributed by atoms with Crippen LogP contribution < -0.4 is 0 Å². The van der Waals surface area contributed by atoms with Crippen LogP contribution in [0, 0.1) is 0 Å². The van der Waals surface area contributed by atoms with Gasteiger partial charge in [-0.3, -0.25) is 0 Å². The predicted octanol–water partition coefficient (Wildman–Crippen LogP) is 7.84. The lowest BCUT2D eigenvalue weighted by Gasteiger charge is -2.44. The molecule has 212 valence electrons. The van der Waals surface area contributed by atoms with Crippen LogP contribution in [0.5, 0.6) is 0 Å². The van der Waals surface area contributed by atoms with E-state index < -0.39 is 31.2 Å². The largest absolute Gasteiger partial charge is 0.414 e. The molecule has 0 spiro atoms. The van der Waals surface area contributed by atoms with Gasteiger partial charge in [-0.25, -0.2) is 0 Å². The molecule has 1 heterocycles. The molecule has 0 unspecified atom stereocenters. The molecule has 0 aliphatic carbocycles. The summed E-state index contributed by atoms with van der Waals surface area (Å²) in [4.78, 5) is 2.84. The maximum absolute atomic E-state index is 8.68. The Morgan fingerprint density at radius 1 is 0.750 bits per heavy atom. The van der Waals surface area contributed by atoms with Crippen LogP contribution in [0.15, 0.2) is 5.11 Å². The van der Waals surface area contributed by atoms with E-state index in [4.69, 9.17) is 28.3 Å². The Hall–Kier alpha value is -0.239. The van der Waals surface area contributed by atoms with Gasteiger partial charge in [0.05, 0.1) is 13.2 Å². The third-order valence-electron chi connectivity index (χ3n) is 8.69. The van der Waals surface area contributed by atoms with Crippen molar-refractivity contribution in [2.75, 3.05) is 19.8 Å². The fraction of sp³-hybridized carbons (Fsp3) is 1.00. The minimum absolute atomic E-state index is 0.0138. The predicted molar refractivity (Wildman–Crippen MR) is 156 cm³/mol. The molecule has 1 aliphatic rings. The summed E-state index contributed by atoms with van der Waals surface area (Å²) < 4.78 is 33.3. The molecule has 8 nitrogen and oxygen atoms in total. The number of nitrogens with zero attached hydrogens (tertiary/aromatic N) is 3. The monoisotopic (exact) mass is 561 g/mol. The molecule has 4 atom stereocenters. The lowest BCUT2D eigenvalue weighted by Crippen LogP contribution is -2.55. The Balaban J connectivity index is 3.41. The number of rotatable bonds is 11. The summed E-state index contributed by atoms with van der Waals surface area (Å²) in [6.45, 7) is 34.6. The third-order valence-corrected chi connectivity index (χ3v) is 22.1. The maximum Gasteiger partial charge on any atom is 0.192 e. The highest BCUT2D eigenvalue weighted by Gasteiger charge is 2.54. The van der Waals surface area contributed by atoms with Crippen molar-refractivity contribution in [3.63, 3.8) is 0 Å². The number of hydrogen-bond acceptors (Lipinski definition) is 6. The van der Waals surface area contributed by atoms with E-state index in [2.05, 4.69) is 112 Å². The molecule has 0 N–H and O–H groups in total. The van der Waals surface area contributed by atoms with E-state index in [1.165, 1.54) is 0 Å². The number of ether oxygens (including phenoxy) is 2. The van der Waals surface area contributed by atoms with Gasteiger partial charge in [-0.05, 0) is 59.9 Å². The highest BCUT2D eigenvalue weighted by atomic mass is 28.4. The van der Waals surface area contributed by atoms with Gasteiger partial charge in [0.1, 0.15) is 18.3 Å². The standard InChI is InChI=1S/C25H55N3O5Si3/c1-23(2,3)34(10,11)30-18-19-20(32-35(12,13)24(4,5)6)21(33-36(14,15)25(7,8)9)22(31-19)29-17-16-27-28-26/h19-22H,16-18H2,1-15H3/t19-,20-,21+,22+/m1/s1. The molecule has 0 amide bonds. The Morgan fingerprint density at radius 2 is 1.19 bits per heavy atom. The first-order valence-electron chi connectivity index (χ1n) is 13.2. The summed E-state index contributed by atoms with van der Waals surface area (Å²) in [5.41, 5.74) is 8.68. The van der Waals surface area contributed by atoms with Gasteiger partial charge < -0.3 is 22.8 Å². The first-order valence-corrected chi connectivity index (χ1v) is 22.0. The van der Waals surface area contributed by atoms with E-state index in [0.717, 1.165) is 0 Å². The lowest BCUT2D eigenvalue weighted by molar-refractivity contribution is -0.164. The van der Waals surface area contributed by atoms with Crippen molar-refractivity contribution in [2.24, 2.45) is 5.11 Å². The SMILES string of the molecule is CC(C)(C)[Si](C)(C)OC[C@H]1O[C@H](OCCN=[N+]=[N-])[C@@H](O[Si](C)(C)C(C)(C)C)[C@@H]1O[Si](C)(C)C(C)(C)C. The van der Waals surface area contributed by atoms with Crippen molar-refractivity contribution in [3.05, 3.63) is 10.4 Å². The quantitative estimate of drug-likeness (QED) is 0.0841. The van der Waals surface area contributed by atoms with Gasteiger partial charge in [-0.2, -0.15) is 0 Å². The fourth-order valence-corrected chi connectivity index (χ4v) is 6.64. The lowest BCUT2D eigenvalue weighted by atomic mass is 10.1. The van der Waals surface area contributed by atoms with Crippen molar-refractivity contribution < 1.29 is 22.8 Å². The minimum atomic E-state index is -2.19. The second kappa shape index (κ2) is 11.9. The topological polar surface area (TPSA) is 94.9 Å². The molecule has 1 aliphatic heterocycles. The van der Waals surface area contributed by atoms with E-state index in [9.17, 15) is 0 Å².